The number of hydrogen-bond acceptors (Lipinski definition) is 6. The Balaban J connectivity index is 4.46. The summed E-state index contributed by atoms with van der Waals surface area (Å²) in [4.78, 5) is 10.1. The van der Waals surface area contributed by atoms with Crippen LogP contribution in [0, 0.1) is 0 Å². The number of hydrogen-bond donors (Lipinski definition) is 5. The first-order chi connectivity index (χ1) is 6.21. The first-order valence-electron chi connectivity index (χ1n) is 4.11. The van der Waals surface area contributed by atoms with Crippen LogP contribution in [0.3, 0.4) is 0 Å². The first-order valence-corrected chi connectivity index (χ1v) is 8.31. The van der Waals surface area contributed by atoms with E-state index in [1.807, 2.05) is 0 Å². The number of carbonyl (C=O) groups is 1. The minimum absolute atomic E-state index is 0.0633. The van der Waals surface area contributed by atoms with E-state index in [0.29, 0.717) is 0 Å². The fourth-order valence-corrected chi connectivity index (χ4v) is 2.32. The average molecular weight is 322 g/mol. The van der Waals surface area contributed by atoms with Crippen molar-refractivity contribution in [2.75, 3.05) is 0 Å². The molecule has 0 unspecified atom stereocenters. The molecule has 0 bridgehead atoms. The molecule has 14 heavy (non-hydrogen) atoms. The maximum atomic E-state index is 10.1. The quantitative estimate of drug-likeness (QED) is 0.255. The Labute approximate surface area is 101 Å². The minimum atomic E-state index is -1.77. The van der Waals surface area contributed by atoms with Crippen LogP contribution in [0.25, 0.3) is 0 Å². The Hall–Kier alpha value is 0.743. The van der Waals surface area contributed by atoms with Crippen LogP contribution in [0.2, 0.25) is 0 Å². The van der Waals surface area contributed by atoms with Crippen LogP contribution in [0.4, 0.5) is 0 Å². The van der Waals surface area contributed by atoms with Gasteiger partial charge < -0.3 is 0 Å². The normalized spacial score (nSPS) is 20.9. The van der Waals surface area contributed by atoms with Gasteiger partial charge in [0.15, 0.2) is 0 Å². The molecular weight excluding hydrogens is 308 g/mol. The van der Waals surface area contributed by atoms with Gasteiger partial charge in [-0.15, -0.1) is 0 Å². The predicted molar refractivity (Wildman–Crippen MR) is 52.1 cm³/mol. The molecule has 0 saturated heterocycles. The zero-order valence-electron chi connectivity index (χ0n) is 8.03. The van der Waals surface area contributed by atoms with Gasteiger partial charge in [-0.1, -0.05) is 0 Å². The van der Waals surface area contributed by atoms with Gasteiger partial charge in [-0.25, -0.2) is 0 Å². The summed E-state index contributed by atoms with van der Waals surface area (Å²) < 4.78 is -1.26. The molecule has 0 heterocycles. The molecule has 8 heteroatoms. The molecule has 0 aromatic carbocycles. The molecule has 6 nitrogen and oxygen atoms in total. The van der Waals surface area contributed by atoms with E-state index in [2.05, 4.69) is 0 Å². The van der Waals surface area contributed by atoms with Gasteiger partial charge in [-0.3, -0.25) is 0 Å². The number of carbonyl (C=O) groups excluding carboxylic acids is 1. The molecule has 0 amide bonds. The molecular formula is C6H14Ga2O6. The average Bonchev–Trinajstić information content (AvgIpc) is 2.11. The molecule has 0 spiro atoms. The van der Waals surface area contributed by atoms with Gasteiger partial charge in [0, 0.05) is 0 Å². The molecule has 0 aliphatic rings. The summed E-state index contributed by atoms with van der Waals surface area (Å²) in [5.41, 5.74) is 0. The molecule has 80 valence electrons. The van der Waals surface area contributed by atoms with Crippen LogP contribution in [0.5, 0.6) is 0 Å². The second-order valence-electron chi connectivity index (χ2n) is 3.71. The fraction of sp³-hybridized carbons (Fsp3) is 0.833. The third-order valence-corrected chi connectivity index (χ3v) is 4.37. The summed E-state index contributed by atoms with van der Waals surface area (Å²) in [5, 5.41) is 46.1. The van der Waals surface area contributed by atoms with Gasteiger partial charge in [0.25, 0.3) is 0 Å². The molecule has 4 atom stereocenters. The summed E-state index contributed by atoms with van der Waals surface area (Å²) in [6.45, 7) is 0. The van der Waals surface area contributed by atoms with Crippen LogP contribution < -0.4 is 0 Å². The van der Waals surface area contributed by atoms with Crippen molar-refractivity contribution in [2.24, 2.45) is 0 Å². The van der Waals surface area contributed by atoms with Crippen molar-refractivity contribution in [2.45, 2.75) is 27.1 Å². The third-order valence-electron chi connectivity index (χ3n) is 1.89. The first kappa shape index (κ1) is 14.7. The summed E-state index contributed by atoms with van der Waals surface area (Å²) in [5.74, 6) is 0. The van der Waals surface area contributed by atoms with E-state index in [9.17, 15) is 20.1 Å². The molecule has 5 N–H and O–H groups in total. The molecule has 0 radical (unpaired) electrons. The second-order valence-corrected chi connectivity index (χ2v) is 21.0. The number of aliphatic hydroxyl groups is 5. The van der Waals surface area contributed by atoms with E-state index in [1.54, 1.807) is 0 Å². The SMILES string of the molecule is O=C[C@H](O)[C@@H](O)[C@H](O)[C@H](O)[C](O)([GaH2])[GaH2]. The van der Waals surface area contributed by atoms with Crippen LogP contribution in [-0.4, -0.2) is 96.1 Å². The Kier molecular flexibility index (Phi) is 6.03. The van der Waals surface area contributed by atoms with Crippen LogP contribution in [0.15, 0.2) is 0 Å². The molecule has 0 aliphatic heterocycles. The van der Waals surface area contributed by atoms with E-state index in [0.717, 1.165) is 0 Å². The van der Waals surface area contributed by atoms with E-state index >= 15 is 0 Å². The zero-order valence-corrected chi connectivity index (χ0v) is 16.4. The van der Waals surface area contributed by atoms with Crippen molar-refractivity contribution in [1.29, 1.82) is 0 Å². The van der Waals surface area contributed by atoms with Crippen molar-refractivity contribution in [1.82, 2.24) is 0 Å². The van der Waals surface area contributed by atoms with Crippen LogP contribution in [-0.2, 0) is 4.79 Å². The summed E-state index contributed by atoms with van der Waals surface area (Å²) in [7, 11) is 0. The molecule has 0 aromatic heterocycles. The van der Waals surface area contributed by atoms with Gasteiger partial charge in [0.05, 0.1) is 0 Å². The Morgan fingerprint density at radius 2 is 1.50 bits per heavy atom. The zero-order chi connectivity index (χ0) is 11.5. The summed E-state index contributed by atoms with van der Waals surface area (Å²) >= 11 is -0.238. The van der Waals surface area contributed by atoms with Gasteiger partial charge in [-0.2, -0.15) is 0 Å². The number of rotatable bonds is 5. The standard InChI is InChI=1S/C6H10O6.2Ga.4H/c7-1-3(9)5(11)6(12)4(10)2-8;;;;;;/h1,3-6,8-12H;;;;;;/t3-,4+,5+,6+;;;;;;/m0....../s1. The topological polar surface area (TPSA) is 118 Å². The Morgan fingerprint density at radius 3 is 1.79 bits per heavy atom. The summed E-state index contributed by atoms with van der Waals surface area (Å²) in [6.07, 6.45) is -6.65. The molecule has 0 fully saturated rings. The summed E-state index contributed by atoms with van der Waals surface area (Å²) in [6, 6.07) is 0. The van der Waals surface area contributed by atoms with Gasteiger partial charge in [0.2, 0.25) is 0 Å². The van der Waals surface area contributed by atoms with Crippen LogP contribution in [0.1, 0.15) is 0 Å². The van der Waals surface area contributed by atoms with E-state index in [-0.39, 0.29) is 43.5 Å². The van der Waals surface area contributed by atoms with E-state index < -0.39 is 27.1 Å². The van der Waals surface area contributed by atoms with E-state index in [4.69, 9.17) is 10.2 Å². The third kappa shape index (κ3) is 4.08. The van der Waals surface area contributed by atoms with Crippen molar-refractivity contribution in [3.8, 4) is 0 Å². The predicted octanol–water partition coefficient (Wildman–Crippen LogP) is -5.46. The van der Waals surface area contributed by atoms with Crippen molar-refractivity contribution in [3.63, 3.8) is 0 Å². The van der Waals surface area contributed by atoms with Crippen molar-refractivity contribution >= 4 is 43.5 Å². The monoisotopic (exact) mass is 320 g/mol. The second kappa shape index (κ2) is 5.73. The maximum absolute atomic E-state index is 10.1. The molecule has 0 saturated carbocycles. The fourth-order valence-electron chi connectivity index (χ4n) is 0.887. The molecule has 0 aliphatic carbocycles. The molecule has 0 rings (SSSR count). The van der Waals surface area contributed by atoms with Crippen molar-refractivity contribution < 1.29 is 30.3 Å². The van der Waals surface area contributed by atoms with E-state index in [1.165, 1.54) is 0 Å². The van der Waals surface area contributed by atoms with Gasteiger partial charge >= 0.3 is 101 Å². The van der Waals surface area contributed by atoms with Gasteiger partial charge in [0.1, 0.15) is 0 Å². The Morgan fingerprint density at radius 1 is 1.07 bits per heavy atom. The Bertz CT molecular complexity index is 193. The number of aldehydes is 1. The van der Waals surface area contributed by atoms with Gasteiger partial charge in [-0.05, 0) is 0 Å². The van der Waals surface area contributed by atoms with Crippen molar-refractivity contribution in [3.05, 3.63) is 0 Å². The van der Waals surface area contributed by atoms with Crippen LogP contribution >= 0.6 is 0 Å². The number of aliphatic hydroxyl groups excluding tert-OH is 4. The molecule has 0 aromatic rings.